The molecule has 1 N–H and O–H groups in total. The van der Waals surface area contributed by atoms with E-state index in [4.69, 9.17) is 17.0 Å². The van der Waals surface area contributed by atoms with E-state index in [2.05, 4.69) is 10.2 Å². The van der Waals surface area contributed by atoms with Crippen LogP contribution in [0.1, 0.15) is 5.56 Å². The molecule has 27 heavy (non-hydrogen) atoms. The fourth-order valence-corrected chi connectivity index (χ4v) is 3.30. The van der Waals surface area contributed by atoms with Crippen molar-refractivity contribution in [2.75, 3.05) is 43.5 Å². The number of alkyl halides is 3. The number of hydrogen-bond donors (Lipinski definition) is 1. The second-order valence-electron chi connectivity index (χ2n) is 6.15. The zero-order chi connectivity index (χ0) is 19.4. The third-order valence-corrected chi connectivity index (χ3v) is 4.82. The van der Waals surface area contributed by atoms with E-state index < -0.39 is 11.7 Å². The lowest BCUT2D eigenvalue weighted by molar-refractivity contribution is -0.136. The summed E-state index contributed by atoms with van der Waals surface area (Å²) in [5, 5.41) is 3.06. The number of halogens is 3. The minimum absolute atomic E-state index is 0.0229. The van der Waals surface area contributed by atoms with Crippen molar-refractivity contribution in [3.8, 4) is 5.75 Å². The summed E-state index contributed by atoms with van der Waals surface area (Å²) in [6.07, 6.45) is -4.43. The number of anilines is 2. The van der Waals surface area contributed by atoms with Gasteiger partial charge in [0.25, 0.3) is 0 Å². The molecule has 0 amide bonds. The van der Waals surface area contributed by atoms with E-state index in [1.54, 1.807) is 13.2 Å². The van der Waals surface area contributed by atoms with Gasteiger partial charge in [0.05, 0.1) is 18.4 Å². The number of hydrogen-bond acceptors (Lipinski definition) is 3. The molecule has 0 spiro atoms. The SMILES string of the molecule is COc1cccc(N2CCN(C(=S)Nc3ccccc3C(F)(F)F)CC2)c1. The highest BCUT2D eigenvalue weighted by Gasteiger charge is 2.33. The molecule has 1 saturated heterocycles. The van der Waals surface area contributed by atoms with Crippen molar-refractivity contribution in [3.63, 3.8) is 0 Å². The molecule has 1 aliphatic heterocycles. The normalized spacial score (nSPS) is 14.8. The van der Waals surface area contributed by atoms with Crippen LogP contribution in [-0.2, 0) is 6.18 Å². The number of thiocarbonyl (C=S) groups is 1. The Kier molecular flexibility index (Phi) is 5.74. The lowest BCUT2D eigenvalue weighted by Crippen LogP contribution is -2.50. The van der Waals surface area contributed by atoms with Crippen molar-refractivity contribution in [1.29, 1.82) is 0 Å². The fourth-order valence-electron chi connectivity index (χ4n) is 3.01. The van der Waals surface area contributed by atoms with Crippen LogP contribution in [-0.4, -0.2) is 43.3 Å². The number of benzene rings is 2. The van der Waals surface area contributed by atoms with E-state index in [0.717, 1.165) is 30.6 Å². The van der Waals surface area contributed by atoms with Crippen LogP contribution in [0.4, 0.5) is 24.5 Å². The molecule has 8 heteroatoms. The number of nitrogens with zero attached hydrogens (tertiary/aromatic N) is 2. The number of methoxy groups -OCH3 is 1. The van der Waals surface area contributed by atoms with Gasteiger partial charge in [-0.15, -0.1) is 0 Å². The largest absolute Gasteiger partial charge is 0.497 e. The summed E-state index contributed by atoms with van der Waals surface area (Å²) in [5.74, 6) is 0.788. The Morgan fingerprint density at radius 2 is 1.74 bits per heavy atom. The highest BCUT2D eigenvalue weighted by molar-refractivity contribution is 7.80. The zero-order valence-electron chi connectivity index (χ0n) is 14.8. The van der Waals surface area contributed by atoms with Crippen molar-refractivity contribution in [3.05, 3.63) is 54.1 Å². The molecule has 0 atom stereocenters. The van der Waals surface area contributed by atoms with Crippen molar-refractivity contribution in [2.45, 2.75) is 6.18 Å². The predicted molar refractivity (Wildman–Crippen MR) is 104 cm³/mol. The zero-order valence-corrected chi connectivity index (χ0v) is 15.6. The molecule has 1 aliphatic rings. The highest BCUT2D eigenvalue weighted by atomic mass is 32.1. The minimum Gasteiger partial charge on any atom is -0.497 e. The van der Waals surface area contributed by atoms with Gasteiger partial charge < -0.3 is 19.9 Å². The first kappa shape index (κ1) is 19.3. The van der Waals surface area contributed by atoms with E-state index in [1.807, 2.05) is 29.2 Å². The molecule has 0 aromatic heterocycles. The Morgan fingerprint density at radius 3 is 2.41 bits per heavy atom. The summed E-state index contributed by atoms with van der Waals surface area (Å²) >= 11 is 5.34. The predicted octanol–water partition coefficient (Wildman–Crippen LogP) is 4.23. The Balaban J connectivity index is 1.62. The van der Waals surface area contributed by atoms with Crippen LogP contribution in [0.3, 0.4) is 0 Å². The second-order valence-corrected chi connectivity index (χ2v) is 6.54. The molecule has 144 valence electrons. The maximum absolute atomic E-state index is 13.1. The van der Waals surface area contributed by atoms with Crippen LogP contribution in [0.5, 0.6) is 5.75 Å². The average Bonchev–Trinajstić information content (AvgIpc) is 2.67. The van der Waals surface area contributed by atoms with Gasteiger partial charge in [-0.1, -0.05) is 18.2 Å². The van der Waals surface area contributed by atoms with Gasteiger partial charge in [-0.2, -0.15) is 13.2 Å². The summed E-state index contributed by atoms with van der Waals surface area (Å²) < 4.78 is 44.6. The quantitative estimate of drug-likeness (QED) is 0.785. The Bertz CT molecular complexity index is 805. The molecule has 0 radical (unpaired) electrons. The summed E-state index contributed by atoms with van der Waals surface area (Å²) in [6, 6.07) is 13.1. The Labute approximate surface area is 161 Å². The van der Waals surface area contributed by atoms with Crippen LogP contribution < -0.4 is 15.0 Å². The summed E-state index contributed by atoms with van der Waals surface area (Å²) in [5.41, 5.74) is 0.308. The van der Waals surface area contributed by atoms with Gasteiger partial charge in [0.1, 0.15) is 5.75 Å². The van der Waals surface area contributed by atoms with Gasteiger partial charge in [0, 0.05) is 37.9 Å². The van der Waals surface area contributed by atoms with E-state index in [1.165, 1.54) is 12.1 Å². The monoisotopic (exact) mass is 395 g/mol. The van der Waals surface area contributed by atoms with E-state index in [0.29, 0.717) is 18.2 Å². The van der Waals surface area contributed by atoms with E-state index in [9.17, 15) is 13.2 Å². The molecule has 1 heterocycles. The highest BCUT2D eigenvalue weighted by Crippen LogP contribution is 2.34. The molecule has 4 nitrogen and oxygen atoms in total. The third-order valence-electron chi connectivity index (χ3n) is 4.46. The Morgan fingerprint density at radius 1 is 1.04 bits per heavy atom. The van der Waals surface area contributed by atoms with Crippen LogP contribution in [0.15, 0.2) is 48.5 Å². The van der Waals surface area contributed by atoms with E-state index >= 15 is 0 Å². The molecule has 0 saturated carbocycles. The summed E-state index contributed by atoms with van der Waals surface area (Å²) in [7, 11) is 1.62. The first-order valence-corrected chi connectivity index (χ1v) is 8.90. The second kappa shape index (κ2) is 8.04. The van der Waals surface area contributed by atoms with E-state index in [-0.39, 0.29) is 5.69 Å². The van der Waals surface area contributed by atoms with Gasteiger partial charge in [0.2, 0.25) is 0 Å². The van der Waals surface area contributed by atoms with Gasteiger partial charge in [-0.3, -0.25) is 0 Å². The van der Waals surface area contributed by atoms with Gasteiger partial charge in [-0.25, -0.2) is 0 Å². The standard InChI is InChI=1S/C19H20F3N3OS/c1-26-15-6-4-5-14(13-15)24-9-11-25(12-10-24)18(27)23-17-8-3-2-7-16(17)19(20,21)22/h2-8,13H,9-12H2,1H3,(H,23,27). The average molecular weight is 395 g/mol. The van der Waals surface area contributed by atoms with Crippen molar-refractivity contribution < 1.29 is 17.9 Å². The van der Waals surface area contributed by atoms with Gasteiger partial charge >= 0.3 is 6.18 Å². The molecule has 1 fully saturated rings. The van der Waals surface area contributed by atoms with Crippen molar-refractivity contribution in [1.82, 2.24) is 4.90 Å². The maximum Gasteiger partial charge on any atom is 0.418 e. The lowest BCUT2D eigenvalue weighted by atomic mass is 10.1. The van der Waals surface area contributed by atoms with Crippen molar-refractivity contribution in [2.24, 2.45) is 0 Å². The molecule has 0 bridgehead atoms. The van der Waals surface area contributed by atoms with Crippen molar-refractivity contribution >= 4 is 28.7 Å². The smallest absolute Gasteiger partial charge is 0.418 e. The first-order valence-electron chi connectivity index (χ1n) is 8.49. The summed E-state index contributed by atoms with van der Waals surface area (Å²) in [4.78, 5) is 4.09. The molecular formula is C19H20F3N3OS. The maximum atomic E-state index is 13.1. The molecule has 3 rings (SSSR count). The number of para-hydroxylation sites is 1. The third kappa shape index (κ3) is 4.63. The van der Waals surface area contributed by atoms with Gasteiger partial charge in [0.15, 0.2) is 5.11 Å². The minimum atomic E-state index is -4.43. The van der Waals surface area contributed by atoms with Crippen LogP contribution >= 0.6 is 12.2 Å². The molecular weight excluding hydrogens is 375 g/mol. The fraction of sp³-hybridized carbons (Fsp3) is 0.316. The van der Waals surface area contributed by atoms with Gasteiger partial charge in [-0.05, 0) is 36.5 Å². The van der Waals surface area contributed by atoms with Crippen LogP contribution in [0.25, 0.3) is 0 Å². The topological polar surface area (TPSA) is 27.7 Å². The Hall–Kier alpha value is -2.48. The molecule has 2 aromatic rings. The lowest BCUT2D eigenvalue weighted by Gasteiger charge is -2.37. The van der Waals surface area contributed by atoms with Crippen LogP contribution in [0.2, 0.25) is 0 Å². The summed E-state index contributed by atoms with van der Waals surface area (Å²) in [6.45, 7) is 2.68. The first-order chi connectivity index (χ1) is 12.9. The number of ether oxygens (including phenoxy) is 1. The molecule has 2 aromatic carbocycles. The number of nitrogens with one attached hydrogen (secondary N) is 1. The number of piperazine rings is 1. The molecule has 0 unspecified atom stereocenters. The number of rotatable bonds is 3. The van der Waals surface area contributed by atoms with Crippen LogP contribution in [0, 0.1) is 0 Å². The molecule has 0 aliphatic carbocycles.